The van der Waals surface area contributed by atoms with E-state index in [1.54, 1.807) is 6.92 Å². The average molecular weight is 295 g/mol. The molecule has 1 rings (SSSR count). The first-order chi connectivity index (χ1) is 9.33. The highest BCUT2D eigenvalue weighted by Gasteiger charge is 2.26. The van der Waals surface area contributed by atoms with Crippen molar-refractivity contribution < 1.29 is 9.90 Å². The van der Waals surface area contributed by atoms with Crippen molar-refractivity contribution in [2.24, 2.45) is 5.73 Å². The number of rotatable bonds is 8. The lowest BCUT2D eigenvalue weighted by Gasteiger charge is -2.18. The van der Waals surface area contributed by atoms with Crippen molar-refractivity contribution in [3.63, 3.8) is 0 Å². The maximum atomic E-state index is 10.9. The summed E-state index contributed by atoms with van der Waals surface area (Å²) in [4.78, 5) is 12.1. The number of carbonyl (C=O) groups is 1. The van der Waals surface area contributed by atoms with Gasteiger partial charge in [0.1, 0.15) is 5.54 Å². The Balaban J connectivity index is 2.26. The number of aliphatic carboxylic acids is 1. The van der Waals surface area contributed by atoms with E-state index < -0.39 is 11.5 Å². The Morgan fingerprint density at radius 3 is 2.40 bits per heavy atom. The van der Waals surface area contributed by atoms with Crippen molar-refractivity contribution in [3.05, 3.63) is 29.8 Å². The monoisotopic (exact) mass is 295 g/mol. The van der Waals surface area contributed by atoms with Gasteiger partial charge in [0, 0.05) is 4.90 Å². The van der Waals surface area contributed by atoms with Crippen molar-refractivity contribution in [3.8, 4) is 0 Å². The van der Waals surface area contributed by atoms with E-state index in [-0.39, 0.29) is 0 Å². The van der Waals surface area contributed by atoms with Crippen LogP contribution in [0, 0.1) is 0 Å². The van der Waals surface area contributed by atoms with Gasteiger partial charge in [0.25, 0.3) is 0 Å². The number of carboxylic acid groups (broad SMARTS) is 1. The van der Waals surface area contributed by atoms with Gasteiger partial charge in [-0.3, -0.25) is 4.79 Å². The molecule has 1 atom stereocenters. The first-order valence-electron chi connectivity index (χ1n) is 7.08. The van der Waals surface area contributed by atoms with E-state index in [1.165, 1.54) is 10.5 Å². The predicted molar refractivity (Wildman–Crippen MR) is 85.3 cm³/mol. The highest BCUT2D eigenvalue weighted by atomic mass is 32.2. The number of nitrogens with two attached hydrogens (primary N) is 1. The highest BCUT2D eigenvalue weighted by molar-refractivity contribution is 7.99. The maximum absolute atomic E-state index is 10.9. The summed E-state index contributed by atoms with van der Waals surface area (Å²) in [6.07, 6.45) is 2.35. The van der Waals surface area contributed by atoms with Gasteiger partial charge >= 0.3 is 5.97 Å². The summed E-state index contributed by atoms with van der Waals surface area (Å²) >= 11 is 1.81. The molecule has 3 N–H and O–H groups in total. The molecule has 0 bridgehead atoms. The van der Waals surface area contributed by atoms with E-state index in [1.807, 2.05) is 11.8 Å². The molecular weight excluding hydrogens is 270 g/mol. The Kier molecular flexibility index (Phi) is 6.56. The molecule has 0 fully saturated rings. The fourth-order valence-electron chi connectivity index (χ4n) is 1.84. The Hall–Kier alpha value is -1.00. The molecule has 0 amide bonds. The summed E-state index contributed by atoms with van der Waals surface area (Å²) < 4.78 is 0. The maximum Gasteiger partial charge on any atom is 0.323 e. The second-order valence-corrected chi connectivity index (χ2v) is 6.92. The Labute approximate surface area is 125 Å². The van der Waals surface area contributed by atoms with Gasteiger partial charge in [-0.1, -0.05) is 32.4 Å². The Morgan fingerprint density at radius 1 is 1.30 bits per heavy atom. The lowest BCUT2D eigenvalue weighted by atomic mass is 9.97. The van der Waals surface area contributed by atoms with Gasteiger partial charge in [0.05, 0.1) is 0 Å². The van der Waals surface area contributed by atoms with Gasteiger partial charge < -0.3 is 10.8 Å². The van der Waals surface area contributed by atoms with Crippen molar-refractivity contribution >= 4 is 17.7 Å². The fraction of sp³-hybridized carbons (Fsp3) is 0.562. The molecule has 1 aromatic carbocycles. The van der Waals surface area contributed by atoms with E-state index in [0.29, 0.717) is 12.3 Å². The first kappa shape index (κ1) is 17.1. The minimum Gasteiger partial charge on any atom is -0.480 e. The summed E-state index contributed by atoms with van der Waals surface area (Å²) in [5.74, 6) is 0.637. The largest absolute Gasteiger partial charge is 0.480 e. The topological polar surface area (TPSA) is 63.3 Å². The van der Waals surface area contributed by atoms with E-state index >= 15 is 0 Å². The zero-order chi connectivity index (χ0) is 15.2. The molecule has 20 heavy (non-hydrogen) atoms. The van der Waals surface area contributed by atoms with Crippen LogP contribution >= 0.6 is 11.8 Å². The minimum atomic E-state index is -1.09. The lowest BCUT2D eigenvalue weighted by molar-refractivity contribution is -0.142. The highest BCUT2D eigenvalue weighted by Crippen LogP contribution is 2.23. The van der Waals surface area contributed by atoms with E-state index in [2.05, 4.69) is 38.1 Å². The van der Waals surface area contributed by atoms with E-state index in [4.69, 9.17) is 10.8 Å². The van der Waals surface area contributed by atoms with Crippen LogP contribution in [-0.4, -0.2) is 22.4 Å². The van der Waals surface area contributed by atoms with Crippen molar-refractivity contribution in [2.75, 3.05) is 5.75 Å². The van der Waals surface area contributed by atoms with Crippen LogP contribution in [0.2, 0.25) is 0 Å². The quantitative estimate of drug-likeness (QED) is 0.564. The Bertz CT molecular complexity index is 427. The van der Waals surface area contributed by atoms with Gasteiger partial charge in [-0.25, -0.2) is 0 Å². The molecule has 0 heterocycles. The first-order valence-corrected chi connectivity index (χ1v) is 8.06. The normalized spacial score (nSPS) is 14.2. The fourth-order valence-corrected chi connectivity index (χ4v) is 2.75. The molecule has 0 saturated heterocycles. The zero-order valence-corrected chi connectivity index (χ0v) is 13.4. The summed E-state index contributed by atoms with van der Waals surface area (Å²) in [5, 5.41) is 8.92. The third-order valence-electron chi connectivity index (χ3n) is 3.39. The van der Waals surface area contributed by atoms with Crippen molar-refractivity contribution in [1.29, 1.82) is 0 Å². The molecule has 112 valence electrons. The standard InChI is InChI=1S/C16H25NO2S/c1-12(2)13-6-8-14(9-7-13)20-11-5-4-10-16(3,17)15(18)19/h6-9,12H,4-5,10-11,17H2,1-3H3,(H,18,19). The molecule has 0 saturated carbocycles. The molecular formula is C16H25NO2S. The molecule has 1 aromatic rings. The van der Waals surface area contributed by atoms with Crippen LogP contribution in [0.3, 0.4) is 0 Å². The molecule has 1 unspecified atom stereocenters. The van der Waals surface area contributed by atoms with Crippen LogP contribution in [0.5, 0.6) is 0 Å². The van der Waals surface area contributed by atoms with E-state index in [9.17, 15) is 4.79 Å². The molecule has 0 aliphatic carbocycles. The van der Waals surface area contributed by atoms with Crippen LogP contribution in [0.1, 0.15) is 51.5 Å². The molecule has 4 heteroatoms. The predicted octanol–water partition coefficient (Wildman–Crippen LogP) is 3.87. The minimum absolute atomic E-state index is 0.523. The molecule has 0 spiro atoms. The summed E-state index contributed by atoms with van der Waals surface area (Å²) in [5.41, 5.74) is 5.95. The van der Waals surface area contributed by atoms with Crippen molar-refractivity contribution in [1.82, 2.24) is 0 Å². The smallest absolute Gasteiger partial charge is 0.323 e. The van der Waals surface area contributed by atoms with Crippen LogP contribution in [-0.2, 0) is 4.79 Å². The molecule has 0 aromatic heterocycles. The number of hydrogen-bond acceptors (Lipinski definition) is 3. The number of unbranched alkanes of at least 4 members (excludes halogenated alkanes) is 1. The van der Waals surface area contributed by atoms with Gasteiger partial charge in [-0.15, -0.1) is 11.8 Å². The number of hydrogen-bond donors (Lipinski definition) is 2. The molecule has 0 radical (unpaired) electrons. The van der Waals surface area contributed by atoms with Gasteiger partial charge in [0.2, 0.25) is 0 Å². The van der Waals surface area contributed by atoms with Gasteiger partial charge in [-0.05, 0) is 49.1 Å². The van der Waals surface area contributed by atoms with Crippen LogP contribution in [0.4, 0.5) is 0 Å². The SMILES string of the molecule is CC(C)c1ccc(SCCCCC(C)(N)C(=O)O)cc1. The average Bonchev–Trinajstić information content (AvgIpc) is 2.38. The number of thioether (sulfide) groups is 1. The molecule has 0 aliphatic heterocycles. The van der Waals surface area contributed by atoms with Crippen LogP contribution < -0.4 is 5.73 Å². The van der Waals surface area contributed by atoms with Gasteiger partial charge in [0.15, 0.2) is 0 Å². The summed E-state index contributed by atoms with van der Waals surface area (Å²) in [6, 6.07) is 8.66. The number of carboxylic acids is 1. The molecule has 3 nitrogen and oxygen atoms in total. The lowest BCUT2D eigenvalue weighted by Crippen LogP contribution is -2.44. The third kappa shape index (κ3) is 5.55. The van der Waals surface area contributed by atoms with Gasteiger partial charge in [-0.2, -0.15) is 0 Å². The third-order valence-corrected chi connectivity index (χ3v) is 4.49. The summed E-state index contributed by atoms with van der Waals surface area (Å²) in [7, 11) is 0. The second-order valence-electron chi connectivity index (χ2n) is 5.75. The van der Waals surface area contributed by atoms with Crippen molar-refractivity contribution in [2.45, 2.75) is 56.4 Å². The van der Waals surface area contributed by atoms with Crippen LogP contribution in [0.25, 0.3) is 0 Å². The summed E-state index contributed by atoms with van der Waals surface area (Å²) in [6.45, 7) is 5.95. The second kappa shape index (κ2) is 7.70. The zero-order valence-electron chi connectivity index (χ0n) is 12.6. The van der Waals surface area contributed by atoms with E-state index in [0.717, 1.165) is 18.6 Å². The van der Waals surface area contributed by atoms with Crippen LogP contribution in [0.15, 0.2) is 29.2 Å². The molecule has 0 aliphatic rings. The number of benzene rings is 1. The Morgan fingerprint density at radius 2 is 1.90 bits per heavy atom.